The molecule has 2 rings (SSSR count). The normalized spacial score (nSPS) is 12.2. The number of rotatable bonds is 6. The van der Waals surface area contributed by atoms with Crippen molar-refractivity contribution in [1.82, 2.24) is 5.32 Å². The zero-order valence-corrected chi connectivity index (χ0v) is 13.5. The van der Waals surface area contributed by atoms with E-state index in [9.17, 15) is 14.7 Å². The topological polar surface area (TPSA) is 75.6 Å². The van der Waals surface area contributed by atoms with Gasteiger partial charge in [0.1, 0.15) is 11.8 Å². The van der Waals surface area contributed by atoms with Gasteiger partial charge in [-0.05, 0) is 47.4 Å². The van der Waals surface area contributed by atoms with Crippen LogP contribution in [0.25, 0.3) is 10.8 Å². The number of fused-ring (bicyclic) bond motifs is 1. The molecule has 2 N–H and O–H groups in total. The fraction of sp³-hybridized carbons (Fsp3) is 0.333. The molecule has 0 spiro atoms. The third-order valence-corrected chi connectivity index (χ3v) is 3.62. The van der Waals surface area contributed by atoms with Crippen LogP contribution in [0.15, 0.2) is 36.4 Å². The van der Waals surface area contributed by atoms with Gasteiger partial charge in [-0.3, -0.25) is 4.79 Å². The molecule has 0 heterocycles. The lowest BCUT2D eigenvalue weighted by atomic mass is 10.0. The minimum atomic E-state index is -1.02. The van der Waals surface area contributed by atoms with E-state index in [-0.39, 0.29) is 11.8 Å². The maximum atomic E-state index is 12.3. The van der Waals surface area contributed by atoms with Crippen LogP contribution in [0.1, 0.15) is 30.6 Å². The molecule has 2 aromatic carbocycles. The van der Waals surface area contributed by atoms with Gasteiger partial charge in [0.25, 0.3) is 5.91 Å². The first-order chi connectivity index (χ1) is 10.9. The number of hydrogen-bond acceptors (Lipinski definition) is 3. The summed E-state index contributed by atoms with van der Waals surface area (Å²) < 4.78 is 5.17. The number of ether oxygens (including phenoxy) is 1. The van der Waals surface area contributed by atoms with E-state index in [1.54, 1.807) is 19.2 Å². The molecule has 0 bridgehead atoms. The van der Waals surface area contributed by atoms with Crippen molar-refractivity contribution in [2.45, 2.75) is 26.3 Å². The number of carbonyl (C=O) groups is 2. The van der Waals surface area contributed by atoms with Gasteiger partial charge in [0.05, 0.1) is 7.11 Å². The molecular formula is C18H21NO4. The van der Waals surface area contributed by atoms with Crippen LogP contribution in [0.5, 0.6) is 5.75 Å². The van der Waals surface area contributed by atoms with Crippen LogP contribution in [0.4, 0.5) is 0 Å². The second kappa shape index (κ2) is 7.13. The molecule has 5 nitrogen and oxygen atoms in total. The summed E-state index contributed by atoms with van der Waals surface area (Å²) in [4.78, 5) is 23.6. The van der Waals surface area contributed by atoms with Crippen LogP contribution in [-0.4, -0.2) is 30.1 Å². The van der Waals surface area contributed by atoms with Crippen molar-refractivity contribution in [2.24, 2.45) is 5.92 Å². The number of nitrogens with one attached hydrogen (secondary N) is 1. The van der Waals surface area contributed by atoms with E-state index in [0.717, 1.165) is 16.5 Å². The standard InChI is InChI=1S/C18H21NO4/c1-11(2)8-16(18(21)22)19-17(20)14-5-4-13-10-15(23-3)7-6-12(13)9-14/h4-7,9-11,16H,8H2,1-3H3,(H,19,20)(H,21,22)/t16-/m1/s1. The molecular weight excluding hydrogens is 294 g/mol. The predicted molar refractivity (Wildman–Crippen MR) is 88.8 cm³/mol. The molecule has 0 aliphatic rings. The Labute approximate surface area is 135 Å². The Morgan fingerprint density at radius 3 is 2.39 bits per heavy atom. The van der Waals surface area contributed by atoms with Gasteiger partial charge in [-0.1, -0.05) is 26.0 Å². The number of carbonyl (C=O) groups excluding carboxylic acids is 1. The number of methoxy groups -OCH3 is 1. The summed E-state index contributed by atoms with van der Waals surface area (Å²) in [5.41, 5.74) is 0.442. The lowest BCUT2D eigenvalue weighted by Gasteiger charge is -2.16. The number of aliphatic carboxylic acids is 1. The van der Waals surface area contributed by atoms with E-state index >= 15 is 0 Å². The zero-order valence-electron chi connectivity index (χ0n) is 13.5. The SMILES string of the molecule is COc1ccc2cc(C(=O)N[C@H](CC(C)C)C(=O)O)ccc2c1. The highest BCUT2D eigenvalue weighted by Crippen LogP contribution is 2.22. The maximum Gasteiger partial charge on any atom is 0.326 e. The van der Waals surface area contributed by atoms with Gasteiger partial charge in [0.15, 0.2) is 0 Å². The summed E-state index contributed by atoms with van der Waals surface area (Å²) in [5, 5.41) is 13.7. The molecule has 122 valence electrons. The second-order valence-corrected chi connectivity index (χ2v) is 5.92. The van der Waals surface area contributed by atoms with Gasteiger partial charge in [-0.15, -0.1) is 0 Å². The summed E-state index contributed by atoms with van der Waals surface area (Å²) in [6, 6.07) is 9.95. The van der Waals surface area contributed by atoms with Gasteiger partial charge in [-0.25, -0.2) is 4.79 Å². The van der Waals surface area contributed by atoms with E-state index in [4.69, 9.17) is 4.74 Å². The predicted octanol–water partition coefficient (Wildman–Crippen LogP) is 3.08. The number of hydrogen-bond donors (Lipinski definition) is 2. The zero-order chi connectivity index (χ0) is 17.0. The van der Waals surface area contributed by atoms with E-state index in [0.29, 0.717) is 12.0 Å². The van der Waals surface area contributed by atoms with Gasteiger partial charge >= 0.3 is 5.97 Å². The van der Waals surface area contributed by atoms with Crippen molar-refractivity contribution in [3.8, 4) is 5.75 Å². The van der Waals surface area contributed by atoms with Gasteiger partial charge in [0, 0.05) is 5.56 Å². The third-order valence-electron chi connectivity index (χ3n) is 3.62. The Hall–Kier alpha value is -2.56. The maximum absolute atomic E-state index is 12.3. The van der Waals surface area contributed by atoms with Crippen molar-refractivity contribution in [3.05, 3.63) is 42.0 Å². The molecule has 0 unspecified atom stereocenters. The highest BCUT2D eigenvalue weighted by Gasteiger charge is 2.21. The van der Waals surface area contributed by atoms with Crippen LogP contribution in [0.2, 0.25) is 0 Å². The monoisotopic (exact) mass is 315 g/mol. The van der Waals surface area contributed by atoms with E-state index in [2.05, 4.69) is 5.32 Å². The Morgan fingerprint density at radius 2 is 1.78 bits per heavy atom. The fourth-order valence-corrected chi connectivity index (χ4v) is 2.43. The number of carboxylic acid groups (broad SMARTS) is 1. The van der Waals surface area contributed by atoms with Crippen molar-refractivity contribution in [3.63, 3.8) is 0 Å². The van der Waals surface area contributed by atoms with E-state index in [1.165, 1.54) is 0 Å². The molecule has 2 aromatic rings. The summed E-state index contributed by atoms with van der Waals surface area (Å²) in [7, 11) is 1.60. The molecule has 0 aliphatic heterocycles. The van der Waals surface area contributed by atoms with Crippen LogP contribution in [-0.2, 0) is 4.79 Å². The third kappa shape index (κ3) is 4.22. The summed E-state index contributed by atoms with van der Waals surface area (Å²) in [6.45, 7) is 3.84. The van der Waals surface area contributed by atoms with Crippen LogP contribution < -0.4 is 10.1 Å². The molecule has 0 saturated heterocycles. The molecule has 0 fully saturated rings. The number of amides is 1. The van der Waals surface area contributed by atoms with Crippen molar-refractivity contribution in [2.75, 3.05) is 7.11 Å². The molecule has 1 amide bonds. The lowest BCUT2D eigenvalue weighted by Crippen LogP contribution is -2.41. The first-order valence-corrected chi connectivity index (χ1v) is 7.52. The summed E-state index contributed by atoms with van der Waals surface area (Å²) in [5.74, 6) is -0.466. The second-order valence-electron chi connectivity index (χ2n) is 5.92. The average molecular weight is 315 g/mol. The first-order valence-electron chi connectivity index (χ1n) is 7.52. The largest absolute Gasteiger partial charge is 0.497 e. The fourth-order valence-electron chi connectivity index (χ4n) is 2.43. The van der Waals surface area contributed by atoms with Crippen LogP contribution in [0.3, 0.4) is 0 Å². The number of benzene rings is 2. The molecule has 0 aliphatic carbocycles. The highest BCUT2D eigenvalue weighted by atomic mass is 16.5. The smallest absolute Gasteiger partial charge is 0.326 e. The summed E-state index contributed by atoms with van der Waals surface area (Å²) >= 11 is 0. The highest BCUT2D eigenvalue weighted by molar-refractivity contribution is 6.00. The molecule has 0 saturated carbocycles. The molecule has 23 heavy (non-hydrogen) atoms. The minimum absolute atomic E-state index is 0.181. The van der Waals surface area contributed by atoms with Crippen molar-refractivity contribution in [1.29, 1.82) is 0 Å². The molecule has 0 aromatic heterocycles. The quantitative estimate of drug-likeness (QED) is 0.859. The first kappa shape index (κ1) is 16.8. The Morgan fingerprint density at radius 1 is 1.13 bits per heavy atom. The Balaban J connectivity index is 2.21. The van der Waals surface area contributed by atoms with E-state index < -0.39 is 12.0 Å². The average Bonchev–Trinajstić information content (AvgIpc) is 2.52. The number of carboxylic acids is 1. The van der Waals surface area contributed by atoms with Crippen molar-refractivity contribution < 1.29 is 19.4 Å². The van der Waals surface area contributed by atoms with Crippen LogP contribution >= 0.6 is 0 Å². The van der Waals surface area contributed by atoms with Gasteiger partial charge in [-0.2, -0.15) is 0 Å². The van der Waals surface area contributed by atoms with Crippen LogP contribution in [0, 0.1) is 5.92 Å². The molecule has 1 atom stereocenters. The van der Waals surface area contributed by atoms with Crippen molar-refractivity contribution >= 4 is 22.6 Å². The van der Waals surface area contributed by atoms with Gasteiger partial charge in [0.2, 0.25) is 0 Å². The van der Waals surface area contributed by atoms with E-state index in [1.807, 2.05) is 38.1 Å². The Bertz CT molecular complexity index is 724. The van der Waals surface area contributed by atoms with Gasteiger partial charge < -0.3 is 15.2 Å². The lowest BCUT2D eigenvalue weighted by molar-refractivity contribution is -0.139. The summed E-state index contributed by atoms with van der Waals surface area (Å²) in [6.07, 6.45) is 0.395. The molecule has 5 heteroatoms. The minimum Gasteiger partial charge on any atom is -0.497 e. The molecule has 0 radical (unpaired) electrons. The Kier molecular flexibility index (Phi) is 5.21.